The number of hydrogen-bond acceptors (Lipinski definition) is 1. The molecule has 1 nitrogen and oxygen atoms in total. The third-order valence-corrected chi connectivity index (χ3v) is 1.24. The maximum absolute atomic E-state index is 9.05. The Morgan fingerprint density at radius 3 is 1.67 bits per heavy atom. The molecule has 0 rings (SSSR count). The summed E-state index contributed by atoms with van der Waals surface area (Å²) < 4.78 is 0. The first kappa shape index (κ1) is 11.7. The van der Waals surface area contributed by atoms with Crippen molar-refractivity contribution in [3.8, 4) is 0 Å². The molecule has 0 aliphatic carbocycles. The molecule has 0 aromatic rings. The van der Waals surface area contributed by atoms with Gasteiger partial charge in [0, 0.05) is 0 Å². The fourth-order valence-corrected chi connectivity index (χ4v) is 0.811. The molecule has 0 saturated carbocycles. The Morgan fingerprint density at radius 2 is 1.44 bits per heavy atom. The summed E-state index contributed by atoms with van der Waals surface area (Å²) in [5.41, 5.74) is 0. The lowest BCUT2D eigenvalue weighted by Crippen LogP contribution is -2.03. The highest BCUT2D eigenvalue weighted by molar-refractivity contribution is 4.51. The van der Waals surface area contributed by atoms with E-state index < -0.39 is 0 Å². The maximum Gasteiger partial charge on any atom is 0.0540 e. The molecule has 0 spiro atoms. The number of aliphatic hydroxyl groups excluding tert-OH is 1. The van der Waals surface area contributed by atoms with Crippen LogP contribution < -0.4 is 0 Å². The molecule has 58 valence electrons. The molecule has 0 bridgehead atoms. The van der Waals surface area contributed by atoms with Crippen LogP contribution in [0.4, 0.5) is 0 Å². The third-order valence-electron chi connectivity index (χ3n) is 1.24. The van der Waals surface area contributed by atoms with Crippen molar-refractivity contribution >= 4 is 0 Å². The molecule has 0 amide bonds. The Hall–Kier alpha value is -0.0400. The predicted octanol–water partition coefficient (Wildman–Crippen LogP) is 2.58. The van der Waals surface area contributed by atoms with Crippen molar-refractivity contribution in [1.29, 1.82) is 0 Å². The lowest BCUT2D eigenvalue weighted by atomic mass is 10.1. The van der Waals surface area contributed by atoms with Crippen molar-refractivity contribution in [2.24, 2.45) is 0 Å². The van der Waals surface area contributed by atoms with Gasteiger partial charge in [0.2, 0.25) is 0 Å². The van der Waals surface area contributed by atoms with Gasteiger partial charge in [-0.15, -0.1) is 0 Å². The Morgan fingerprint density at radius 1 is 1.11 bits per heavy atom. The summed E-state index contributed by atoms with van der Waals surface area (Å²) in [5.74, 6) is 0. The van der Waals surface area contributed by atoms with Gasteiger partial charge >= 0.3 is 0 Å². The predicted molar refractivity (Wildman–Crippen MR) is 42.6 cm³/mol. The van der Waals surface area contributed by atoms with Gasteiger partial charge in [0.25, 0.3) is 0 Å². The Labute approximate surface area is 59.1 Å². The zero-order valence-corrected chi connectivity index (χ0v) is 5.85. The quantitative estimate of drug-likeness (QED) is 0.623. The number of rotatable bonds is 4. The Kier molecular flexibility index (Phi) is 10.4. The minimum Gasteiger partial charge on any atom is -0.393 e. The van der Waals surface area contributed by atoms with Crippen LogP contribution >= 0.6 is 0 Å². The van der Waals surface area contributed by atoms with Crippen LogP contribution in [0.2, 0.25) is 0 Å². The van der Waals surface area contributed by atoms with E-state index in [9.17, 15) is 0 Å². The molecule has 0 aliphatic rings. The van der Waals surface area contributed by atoms with Crippen LogP contribution in [0.15, 0.2) is 0 Å². The third kappa shape index (κ3) is 7.96. The van der Waals surface area contributed by atoms with Crippen molar-refractivity contribution in [2.45, 2.75) is 53.1 Å². The molecule has 0 atom stereocenters. The van der Waals surface area contributed by atoms with Crippen LogP contribution in [0.5, 0.6) is 0 Å². The Bertz CT molecular complexity index is 37.8. The summed E-state index contributed by atoms with van der Waals surface area (Å²) in [6, 6.07) is 0. The van der Waals surface area contributed by atoms with E-state index in [1.165, 1.54) is 0 Å². The van der Waals surface area contributed by atoms with Gasteiger partial charge in [0.15, 0.2) is 0 Å². The van der Waals surface area contributed by atoms with Crippen LogP contribution in [0.1, 0.15) is 47.0 Å². The molecule has 0 radical (unpaired) electrons. The largest absolute Gasteiger partial charge is 0.393 e. The van der Waals surface area contributed by atoms with Crippen molar-refractivity contribution in [3.05, 3.63) is 0 Å². The van der Waals surface area contributed by atoms with Gasteiger partial charge in [-0.1, -0.05) is 34.1 Å². The van der Waals surface area contributed by atoms with Crippen molar-refractivity contribution < 1.29 is 5.11 Å². The number of hydrogen-bond donors (Lipinski definition) is 1. The first-order valence-corrected chi connectivity index (χ1v) is 3.49. The minimum atomic E-state index is -0.0370. The van der Waals surface area contributed by atoms with Crippen LogP contribution in [-0.2, 0) is 0 Å². The maximum atomic E-state index is 9.05. The summed E-state index contributed by atoms with van der Waals surface area (Å²) in [4.78, 5) is 0. The van der Waals surface area contributed by atoms with Crippen LogP contribution in [0, 0.1) is 0 Å². The molecule has 0 aliphatic heterocycles. The molecule has 1 heteroatoms. The van der Waals surface area contributed by atoms with E-state index in [1.54, 1.807) is 0 Å². The lowest BCUT2D eigenvalue weighted by Gasteiger charge is -2.04. The van der Waals surface area contributed by atoms with Gasteiger partial charge in [-0.05, 0) is 12.8 Å². The molecular weight excluding hydrogens is 112 g/mol. The van der Waals surface area contributed by atoms with Crippen molar-refractivity contribution in [3.63, 3.8) is 0 Å². The van der Waals surface area contributed by atoms with Gasteiger partial charge in [-0.2, -0.15) is 0 Å². The standard InChI is InChI=1S/C7H16O.CH4/c1-3-5-7(8)6-4-2;/h7-8H,3-6H2,1-2H3;1H4. The summed E-state index contributed by atoms with van der Waals surface area (Å²) in [7, 11) is 0. The van der Waals surface area contributed by atoms with Gasteiger partial charge < -0.3 is 5.11 Å². The second-order valence-electron chi connectivity index (χ2n) is 2.23. The second kappa shape index (κ2) is 7.96. The molecule has 9 heavy (non-hydrogen) atoms. The Balaban J connectivity index is 0. The molecule has 0 saturated heterocycles. The van der Waals surface area contributed by atoms with E-state index in [0.29, 0.717) is 0 Å². The van der Waals surface area contributed by atoms with Crippen LogP contribution in [0.25, 0.3) is 0 Å². The second-order valence-corrected chi connectivity index (χ2v) is 2.23. The van der Waals surface area contributed by atoms with Crippen LogP contribution in [-0.4, -0.2) is 11.2 Å². The molecule has 0 fully saturated rings. The van der Waals surface area contributed by atoms with E-state index in [-0.39, 0.29) is 13.5 Å². The zero-order chi connectivity index (χ0) is 6.41. The van der Waals surface area contributed by atoms with Crippen LogP contribution in [0.3, 0.4) is 0 Å². The molecule has 0 aromatic heterocycles. The molecule has 1 N–H and O–H groups in total. The van der Waals surface area contributed by atoms with E-state index in [4.69, 9.17) is 5.11 Å². The molecular formula is C8H20O. The number of aliphatic hydroxyl groups is 1. The summed E-state index contributed by atoms with van der Waals surface area (Å²) in [6.07, 6.45) is 4.09. The fourth-order valence-electron chi connectivity index (χ4n) is 0.811. The van der Waals surface area contributed by atoms with E-state index >= 15 is 0 Å². The van der Waals surface area contributed by atoms with E-state index in [1.807, 2.05) is 0 Å². The smallest absolute Gasteiger partial charge is 0.0540 e. The molecule has 0 unspecified atom stereocenters. The first-order chi connectivity index (χ1) is 3.81. The summed E-state index contributed by atoms with van der Waals surface area (Å²) in [6.45, 7) is 4.19. The SMILES string of the molecule is C.CCCC(O)CCC. The topological polar surface area (TPSA) is 20.2 Å². The summed E-state index contributed by atoms with van der Waals surface area (Å²) >= 11 is 0. The van der Waals surface area contributed by atoms with E-state index in [2.05, 4.69) is 13.8 Å². The van der Waals surface area contributed by atoms with Crippen molar-refractivity contribution in [2.75, 3.05) is 0 Å². The highest BCUT2D eigenvalue weighted by atomic mass is 16.3. The van der Waals surface area contributed by atoms with Gasteiger partial charge in [0.1, 0.15) is 0 Å². The normalized spacial score (nSPS) is 9.33. The fraction of sp³-hybridized carbons (Fsp3) is 1.00. The first-order valence-electron chi connectivity index (χ1n) is 3.49. The van der Waals surface area contributed by atoms with Gasteiger partial charge in [-0.3, -0.25) is 0 Å². The zero-order valence-electron chi connectivity index (χ0n) is 5.85. The average Bonchev–Trinajstić information content (AvgIpc) is 1.68. The van der Waals surface area contributed by atoms with E-state index in [0.717, 1.165) is 25.7 Å². The average molecular weight is 132 g/mol. The highest BCUT2D eigenvalue weighted by Gasteiger charge is 1.97. The van der Waals surface area contributed by atoms with Gasteiger partial charge in [-0.25, -0.2) is 0 Å². The highest BCUT2D eigenvalue weighted by Crippen LogP contribution is 2.02. The van der Waals surface area contributed by atoms with Crippen molar-refractivity contribution in [1.82, 2.24) is 0 Å². The molecule has 0 aromatic carbocycles. The monoisotopic (exact) mass is 132 g/mol. The minimum absolute atomic E-state index is 0. The van der Waals surface area contributed by atoms with Gasteiger partial charge in [0.05, 0.1) is 6.10 Å². The lowest BCUT2D eigenvalue weighted by molar-refractivity contribution is 0.153. The summed E-state index contributed by atoms with van der Waals surface area (Å²) in [5, 5.41) is 9.05. The molecule has 0 heterocycles.